The Morgan fingerprint density at radius 3 is 2.44 bits per heavy atom. The molecule has 1 spiro atoms. The number of piperidine rings is 1. The number of rotatable bonds is 5. The van der Waals surface area contributed by atoms with Crippen molar-refractivity contribution >= 4 is 17.7 Å². The first-order valence-corrected chi connectivity index (χ1v) is 9.72. The Bertz CT molecular complexity index is 737. The average molecular weight is 372 g/mol. The molecule has 0 aliphatic carbocycles. The van der Waals surface area contributed by atoms with Crippen LogP contribution in [-0.4, -0.2) is 64.8 Å². The van der Waals surface area contributed by atoms with Crippen molar-refractivity contribution in [1.29, 1.82) is 0 Å². The van der Waals surface area contributed by atoms with E-state index in [1.165, 1.54) is 6.92 Å². The molecule has 6 nitrogen and oxygen atoms in total. The van der Waals surface area contributed by atoms with Crippen LogP contribution >= 0.6 is 0 Å². The van der Waals surface area contributed by atoms with Gasteiger partial charge in [-0.3, -0.25) is 19.3 Å². The van der Waals surface area contributed by atoms with Crippen molar-refractivity contribution in [3.05, 3.63) is 35.4 Å². The number of nitrogens with zero attached hydrogens (tertiary/aromatic N) is 2. The number of hydrogen-bond donors (Lipinski definition) is 1. The number of likely N-dealkylation sites (tertiary alicyclic amines) is 2. The molecule has 0 bridgehead atoms. The summed E-state index contributed by atoms with van der Waals surface area (Å²) in [6.45, 7) is 6.44. The molecule has 2 saturated heterocycles. The smallest absolute Gasteiger partial charge is 0.320 e. The predicted octanol–water partition coefficient (Wildman–Crippen LogP) is 2.68. The molecule has 1 aromatic carbocycles. The Morgan fingerprint density at radius 1 is 1.19 bits per heavy atom. The van der Waals surface area contributed by atoms with E-state index >= 15 is 0 Å². The van der Waals surface area contributed by atoms with Gasteiger partial charge in [0.05, 0.1) is 0 Å². The van der Waals surface area contributed by atoms with Gasteiger partial charge in [-0.05, 0) is 56.7 Å². The van der Waals surface area contributed by atoms with Crippen LogP contribution in [0.4, 0.5) is 0 Å². The minimum atomic E-state index is -0.736. The molecule has 2 heterocycles. The monoisotopic (exact) mass is 372 g/mol. The van der Waals surface area contributed by atoms with Crippen LogP contribution in [0.1, 0.15) is 60.2 Å². The molecule has 0 radical (unpaired) electrons. The van der Waals surface area contributed by atoms with Gasteiger partial charge in [0, 0.05) is 30.8 Å². The molecular weight excluding hydrogens is 344 g/mol. The fourth-order valence-corrected chi connectivity index (χ4v) is 4.51. The van der Waals surface area contributed by atoms with Crippen LogP contribution in [0.3, 0.4) is 0 Å². The van der Waals surface area contributed by atoms with E-state index < -0.39 is 12.0 Å². The van der Waals surface area contributed by atoms with Crippen molar-refractivity contribution < 1.29 is 19.5 Å². The van der Waals surface area contributed by atoms with Crippen molar-refractivity contribution in [1.82, 2.24) is 9.80 Å². The number of hydrogen-bond acceptors (Lipinski definition) is 4. The van der Waals surface area contributed by atoms with Crippen molar-refractivity contribution in [3.8, 4) is 0 Å². The molecule has 2 aliphatic heterocycles. The maximum Gasteiger partial charge on any atom is 0.320 e. The summed E-state index contributed by atoms with van der Waals surface area (Å²) in [5, 5.41) is 9.55. The molecule has 1 unspecified atom stereocenters. The number of amides is 1. The van der Waals surface area contributed by atoms with E-state index in [1.807, 2.05) is 4.90 Å². The molecule has 1 aromatic rings. The summed E-state index contributed by atoms with van der Waals surface area (Å²) in [6, 6.07) is 6.47. The van der Waals surface area contributed by atoms with Gasteiger partial charge in [0.15, 0.2) is 5.78 Å². The first-order chi connectivity index (χ1) is 12.8. The van der Waals surface area contributed by atoms with Crippen molar-refractivity contribution in [2.75, 3.05) is 26.2 Å². The summed E-state index contributed by atoms with van der Waals surface area (Å²) >= 11 is 0. The third-order valence-electron chi connectivity index (χ3n) is 6.03. The number of benzene rings is 1. The Hall–Kier alpha value is -2.21. The molecular formula is C21H28N2O4. The van der Waals surface area contributed by atoms with Crippen molar-refractivity contribution in [2.24, 2.45) is 5.41 Å². The molecule has 27 heavy (non-hydrogen) atoms. The first kappa shape index (κ1) is 19.5. The second kappa shape index (κ2) is 7.80. The number of carboxylic acid groups (broad SMARTS) is 1. The van der Waals surface area contributed by atoms with Gasteiger partial charge in [0.2, 0.25) is 0 Å². The lowest BCUT2D eigenvalue weighted by Crippen LogP contribution is -2.44. The zero-order valence-corrected chi connectivity index (χ0v) is 16.1. The standard InChI is InChI=1S/C21H28N2O4/c1-3-9-23-14-21(13-18(23)20(26)27)7-10-22(11-8-21)19(25)17-6-4-5-16(12-17)15(2)24/h4-6,12,18H,3,7-11,13-14H2,1-2H3,(H,26,27). The maximum atomic E-state index is 12.8. The fourth-order valence-electron chi connectivity index (χ4n) is 4.51. The fraction of sp³-hybridized carbons (Fsp3) is 0.571. The molecule has 0 saturated carbocycles. The SMILES string of the molecule is CCCN1CC2(CCN(C(=O)c3cccc(C(C)=O)c3)CC2)CC1C(=O)O. The molecule has 6 heteroatoms. The highest BCUT2D eigenvalue weighted by molar-refractivity contribution is 5.99. The zero-order chi connectivity index (χ0) is 19.6. The Balaban J connectivity index is 1.66. The maximum absolute atomic E-state index is 12.8. The molecule has 146 valence electrons. The Morgan fingerprint density at radius 2 is 1.85 bits per heavy atom. The van der Waals surface area contributed by atoms with Gasteiger partial charge in [0.1, 0.15) is 6.04 Å². The molecule has 2 aliphatic rings. The quantitative estimate of drug-likeness (QED) is 0.804. The number of Topliss-reactive ketones (excluding diaryl/α,β-unsaturated/α-hetero) is 1. The molecule has 1 N–H and O–H groups in total. The summed E-state index contributed by atoms with van der Waals surface area (Å²) in [6.07, 6.45) is 3.27. The predicted molar refractivity (Wildman–Crippen MR) is 102 cm³/mol. The van der Waals surface area contributed by atoms with E-state index in [9.17, 15) is 19.5 Å². The normalized spacial score (nSPS) is 22.1. The lowest BCUT2D eigenvalue weighted by atomic mass is 9.76. The number of carbonyl (C=O) groups excluding carboxylic acids is 2. The van der Waals surface area contributed by atoms with Gasteiger partial charge < -0.3 is 10.0 Å². The Kier molecular flexibility index (Phi) is 5.65. The van der Waals surface area contributed by atoms with Crippen LogP contribution in [0, 0.1) is 5.41 Å². The van der Waals surface area contributed by atoms with E-state index in [0.29, 0.717) is 30.6 Å². The minimum absolute atomic E-state index is 0.00373. The van der Waals surface area contributed by atoms with Gasteiger partial charge >= 0.3 is 5.97 Å². The zero-order valence-electron chi connectivity index (χ0n) is 16.1. The summed E-state index contributed by atoms with van der Waals surface area (Å²) in [7, 11) is 0. The largest absolute Gasteiger partial charge is 0.480 e. The van der Waals surface area contributed by atoms with Crippen LogP contribution in [0.15, 0.2) is 24.3 Å². The summed E-state index contributed by atoms with van der Waals surface area (Å²) < 4.78 is 0. The molecule has 2 fully saturated rings. The number of ketones is 1. The van der Waals surface area contributed by atoms with Gasteiger partial charge in [-0.2, -0.15) is 0 Å². The lowest BCUT2D eigenvalue weighted by molar-refractivity contribution is -0.142. The van der Waals surface area contributed by atoms with Crippen molar-refractivity contribution in [2.45, 2.75) is 45.6 Å². The molecule has 0 aromatic heterocycles. The third kappa shape index (κ3) is 4.05. The molecule has 3 rings (SSSR count). The van der Waals surface area contributed by atoms with Crippen LogP contribution in [0.2, 0.25) is 0 Å². The highest BCUT2D eigenvalue weighted by atomic mass is 16.4. The topological polar surface area (TPSA) is 77.9 Å². The average Bonchev–Trinajstić information content (AvgIpc) is 3.00. The van der Waals surface area contributed by atoms with Gasteiger partial charge in [0.25, 0.3) is 5.91 Å². The van der Waals surface area contributed by atoms with Crippen molar-refractivity contribution in [3.63, 3.8) is 0 Å². The van der Waals surface area contributed by atoms with Crippen LogP contribution in [0.5, 0.6) is 0 Å². The van der Waals surface area contributed by atoms with E-state index in [0.717, 1.165) is 32.4 Å². The highest BCUT2D eigenvalue weighted by Gasteiger charge is 2.48. The minimum Gasteiger partial charge on any atom is -0.480 e. The Labute approximate surface area is 160 Å². The second-order valence-electron chi connectivity index (χ2n) is 7.96. The summed E-state index contributed by atoms with van der Waals surface area (Å²) in [4.78, 5) is 39.9. The van der Waals surface area contributed by atoms with E-state index in [2.05, 4.69) is 11.8 Å². The summed E-state index contributed by atoms with van der Waals surface area (Å²) in [5.41, 5.74) is 1.08. The van der Waals surface area contributed by atoms with E-state index in [1.54, 1.807) is 24.3 Å². The number of carboxylic acids is 1. The summed E-state index contributed by atoms with van der Waals surface area (Å²) in [5.74, 6) is -0.838. The van der Waals surface area contributed by atoms with Crippen LogP contribution in [0.25, 0.3) is 0 Å². The highest BCUT2D eigenvalue weighted by Crippen LogP contribution is 2.43. The second-order valence-corrected chi connectivity index (χ2v) is 7.96. The van der Waals surface area contributed by atoms with E-state index in [4.69, 9.17) is 0 Å². The number of aliphatic carboxylic acids is 1. The van der Waals surface area contributed by atoms with Gasteiger partial charge in [-0.15, -0.1) is 0 Å². The lowest BCUT2D eigenvalue weighted by Gasteiger charge is -2.39. The van der Waals surface area contributed by atoms with Crippen LogP contribution < -0.4 is 0 Å². The van der Waals surface area contributed by atoms with E-state index in [-0.39, 0.29) is 17.1 Å². The third-order valence-corrected chi connectivity index (χ3v) is 6.03. The van der Waals surface area contributed by atoms with Gasteiger partial charge in [-0.1, -0.05) is 19.1 Å². The molecule has 1 atom stereocenters. The first-order valence-electron chi connectivity index (χ1n) is 9.72. The van der Waals surface area contributed by atoms with Gasteiger partial charge in [-0.25, -0.2) is 0 Å². The molecule has 1 amide bonds. The van der Waals surface area contributed by atoms with Crippen LogP contribution in [-0.2, 0) is 4.79 Å². The number of carbonyl (C=O) groups is 3.